The summed E-state index contributed by atoms with van der Waals surface area (Å²) < 4.78 is 5.32. The molecule has 1 atom stereocenters. The first-order valence-corrected chi connectivity index (χ1v) is 6.64. The maximum atomic E-state index is 11.9. The molecule has 1 aliphatic heterocycles. The fraction of sp³-hybridized carbons (Fsp3) is 0.533. The average Bonchev–Trinajstić information content (AvgIpc) is 2.87. The molecule has 1 unspecified atom stereocenters. The predicted octanol–water partition coefficient (Wildman–Crippen LogP) is 2.04. The third-order valence-corrected chi connectivity index (χ3v) is 3.81. The molecule has 0 bridgehead atoms. The van der Waals surface area contributed by atoms with Crippen LogP contribution in [0.1, 0.15) is 23.7 Å². The number of nitrogens with zero attached hydrogens (tertiary/aromatic N) is 2. The van der Waals surface area contributed by atoms with E-state index in [0.29, 0.717) is 17.4 Å². The lowest BCUT2D eigenvalue weighted by atomic mass is 10.1. The smallest absolute Gasteiger partial charge is 0.165 e. The molecule has 1 fully saturated rings. The minimum atomic E-state index is 0.0563. The third-order valence-electron chi connectivity index (χ3n) is 3.81. The summed E-state index contributed by atoms with van der Waals surface area (Å²) in [5.41, 5.74) is 1.70. The molecule has 1 aliphatic rings. The van der Waals surface area contributed by atoms with Crippen LogP contribution in [0.3, 0.4) is 0 Å². The molecule has 1 aromatic carbocycles. The minimum absolute atomic E-state index is 0.0563. The van der Waals surface area contributed by atoms with Gasteiger partial charge >= 0.3 is 0 Å². The predicted molar refractivity (Wildman–Crippen MR) is 77.3 cm³/mol. The molecule has 0 amide bonds. The van der Waals surface area contributed by atoms with E-state index >= 15 is 0 Å². The van der Waals surface area contributed by atoms with Gasteiger partial charge in [-0.3, -0.25) is 4.79 Å². The zero-order valence-electron chi connectivity index (χ0n) is 12.1. The molecule has 1 aromatic rings. The normalized spacial score (nSPS) is 19.0. The van der Waals surface area contributed by atoms with E-state index in [1.807, 2.05) is 18.2 Å². The van der Waals surface area contributed by atoms with Crippen LogP contribution in [0.15, 0.2) is 18.2 Å². The van der Waals surface area contributed by atoms with Crippen LogP contribution in [0.2, 0.25) is 0 Å². The number of benzene rings is 1. The fourth-order valence-corrected chi connectivity index (χ4v) is 2.69. The molecule has 4 nitrogen and oxygen atoms in total. The maximum absolute atomic E-state index is 11.9. The summed E-state index contributed by atoms with van der Waals surface area (Å²) in [5, 5.41) is 0. The summed E-state index contributed by atoms with van der Waals surface area (Å²) in [6.07, 6.45) is 1.13. The highest BCUT2D eigenvalue weighted by Crippen LogP contribution is 2.32. The Kier molecular flexibility index (Phi) is 4.10. The summed E-state index contributed by atoms with van der Waals surface area (Å²) in [4.78, 5) is 16.4. The quantitative estimate of drug-likeness (QED) is 0.777. The number of Topliss-reactive ketones (excluding diaryl/α,β-unsaturated/α-hetero) is 1. The largest absolute Gasteiger partial charge is 0.496 e. The third kappa shape index (κ3) is 2.73. The van der Waals surface area contributed by atoms with Gasteiger partial charge in [0.1, 0.15) is 5.75 Å². The van der Waals surface area contributed by atoms with E-state index in [0.717, 1.165) is 25.2 Å². The second kappa shape index (κ2) is 5.61. The van der Waals surface area contributed by atoms with Crippen LogP contribution in [0.4, 0.5) is 5.69 Å². The average molecular weight is 262 g/mol. The maximum Gasteiger partial charge on any atom is 0.165 e. The highest BCUT2D eigenvalue weighted by molar-refractivity contribution is 6.02. The van der Waals surface area contributed by atoms with E-state index in [9.17, 15) is 4.79 Å². The standard InChI is InChI=1S/C15H22N2O2/c1-11(18)15-13(6-5-7-14(15)19-4)17-9-8-12(10-17)16(2)3/h5-7,12H,8-10H2,1-4H3. The van der Waals surface area contributed by atoms with Gasteiger partial charge in [0.05, 0.1) is 18.4 Å². The molecule has 0 N–H and O–H groups in total. The van der Waals surface area contributed by atoms with Crippen LogP contribution >= 0.6 is 0 Å². The number of ether oxygens (including phenoxy) is 1. The van der Waals surface area contributed by atoms with Crippen molar-refractivity contribution in [3.05, 3.63) is 23.8 Å². The Hall–Kier alpha value is -1.55. The summed E-state index contributed by atoms with van der Waals surface area (Å²) >= 11 is 0. The van der Waals surface area contributed by atoms with Crippen molar-refractivity contribution >= 4 is 11.5 Å². The van der Waals surface area contributed by atoms with Gasteiger partial charge in [-0.25, -0.2) is 0 Å². The van der Waals surface area contributed by atoms with Crippen molar-refractivity contribution in [3.63, 3.8) is 0 Å². The SMILES string of the molecule is COc1cccc(N2CCC(N(C)C)C2)c1C(C)=O. The number of hydrogen-bond donors (Lipinski definition) is 0. The zero-order valence-corrected chi connectivity index (χ0v) is 12.1. The van der Waals surface area contributed by atoms with Crippen molar-refractivity contribution in [3.8, 4) is 5.75 Å². The number of ketones is 1. The molecule has 2 rings (SSSR count). The van der Waals surface area contributed by atoms with Gasteiger partial charge < -0.3 is 14.5 Å². The summed E-state index contributed by atoms with van der Waals surface area (Å²) in [7, 11) is 5.81. The van der Waals surface area contributed by atoms with Crippen molar-refractivity contribution in [1.82, 2.24) is 4.90 Å². The molecule has 0 radical (unpaired) electrons. The monoisotopic (exact) mass is 262 g/mol. The van der Waals surface area contributed by atoms with E-state index in [2.05, 4.69) is 23.9 Å². The second-order valence-corrected chi connectivity index (χ2v) is 5.26. The highest BCUT2D eigenvalue weighted by atomic mass is 16.5. The lowest BCUT2D eigenvalue weighted by molar-refractivity contribution is 0.101. The number of likely N-dealkylation sites (N-methyl/N-ethyl adjacent to an activating group) is 1. The highest BCUT2D eigenvalue weighted by Gasteiger charge is 2.27. The van der Waals surface area contributed by atoms with Gasteiger partial charge in [0.25, 0.3) is 0 Å². The van der Waals surface area contributed by atoms with Crippen LogP contribution in [0.25, 0.3) is 0 Å². The van der Waals surface area contributed by atoms with Crippen LogP contribution in [0, 0.1) is 0 Å². The molecule has 0 aromatic heterocycles. The second-order valence-electron chi connectivity index (χ2n) is 5.26. The molecule has 4 heteroatoms. The Bertz CT molecular complexity index is 471. The van der Waals surface area contributed by atoms with Gasteiger partial charge in [-0.05, 0) is 39.6 Å². The Labute approximate surface area is 115 Å². The molecule has 0 saturated carbocycles. The molecule has 104 valence electrons. The van der Waals surface area contributed by atoms with E-state index < -0.39 is 0 Å². The Morgan fingerprint density at radius 1 is 1.42 bits per heavy atom. The number of hydrogen-bond acceptors (Lipinski definition) is 4. The molecular weight excluding hydrogens is 240 g/mol. The van der Waals surface area contributed by atoms with E-state index in [4.69, 9.17) is 4.74 Å². The number of anilines is 1. The first kappa shape index (κ1) is 13.9. The van der Waals surface area contributed by atoms with Crippen molar-refractivity contribution in [2.24, 2.45) is 0 Å². The number of rotatable bonds is 4. The number of carbonyl (C=O) groups excluding carboxylic acids is 1. The Morgan fingerprint density at radius 3 is 2.68 bits per heavy atom. The van der Waals surface area contributed by atoms with Crippen molar-refractivity contribution in [2.75, 3.05) is 39.2 Å². The lowest BCUT2D eigenvalue weighted by Crippen LogP contribution is -2.31. The van der Waals surface area contributed by atoms with Crippen LogP contribution < -0.4 is 9.64 Å². The molecule has 1 saturated heterocycles. The van der Waals surface area contributed by atoms with Crippen LogP contribution in [0.5, 0.6) is 5.75 Å². The minimum Gasteiger partial charge on any atom is -0.496 e. The van der Waals surface area contributed by atoms with Gasteiger partial charge in [-0.15, -0.1) is 0 Å². The van der Waals surface area contributed by atoms with Gasteiger partial charge in [-0.2, -0.15) is 0 Å². The number of carbonyl (C=O) groups is 1. The molecule has 19 heavy (non-hydrogen) atoms. The molecule has 0 spiro atoms. The fourth-order valence-electron chi connectivity index (χ4n) is 2.69. The first-order valence-electron chi connectivity index (χ1n) is 6.64. The summed E-state index contributed by atoms with van der Waals surface area (Å²) in [5.74, 6) is 0.721. The van der Waals surface area contributed by atoms with E-state index in [-0.39, 0.29) is 5.78 Å². The van der Waals surface area contributed by atoms with E-state index in [1.165, 1.54) is 0 Å². The van der Waals surface area contributed by atoms with Crippen molar-refractivity contribution < 1.29 is 9.53 Å². The van der Waals surface area contributed by atoms with Gasteiger partial charge in [0, 0.05) is 19.1 Å². The van der Waals surface area contributed by atoms with Crippen LogP contribution in [-0.2, 0) is 0 Å². The van der Waals surface area contributed by atoms with Crippen molar-refractivity contribution in [1.29, 1.82) is 0 Å². The van der Waals surface area contributed by atoms with E-state index in [1.54, 1.807) is 14.0 Å². The zero-order chi connectivity index (χ0) is 14.0. The summed E-state index contributed by atoms with van der Waals surface area (Å²) in [6.45, 7) is 3.54. The summed E-state index contributed by atoms with van der Waals surface area (Å²) in [6, 6.07) is 6.35. The van der Waals surface area contributed by atoms with Crippen LogP contribution in [-0.4, -0.2) is 51.0 Å². The van der Waals surface area contributed by atoms with Gasteiger partial charge in [0.15, 0.2) is 5.78 Å². The van der Waals surface area contributed by atoms with Crippen molar-refractivity contribution in [2.45, 2.75) is 19.4 Å². The van der Waals surface area contributed by atoms with Gasteiger partial charge in [0.2, 0.25) is 0 Å². The lowest BCUT2D eigenvalue weighted by Gasteiger charge is -2.24. The molecule has 0 aliphatic carbocycles. The number of methoxy groups -OCH3 is 1. The Balaban J connectivity index is 2.33. The Morgan fingerprint density at radius 2 is 2.16 bits per heavy atom. The van der Waals surface area contributed by atoms with Gasteiger partial charge in [-0.1, -0.05) is 6.07 Å². The molecular formula is C15H22N2O2. The first-order chi connectivity index (χ1) is 9.04. The molecule has 1 heterocycles. The topological polar surface area (TPSA) is 32.8 Å².